The quantitative estimate of drug-likeness (QED) is 0.228. The zero-order valence-corrected chi connectivity index (χ0v) is 10.6. The van der Waals surface area contributed by atoms with Crippen molar-refractivity contribution in [2.75, 3.05) is 0 Å². The first-order valence-electron chi connectivity index (χ1n) is 5.66. The van der Waals surface area contributed by atoms with Crippen molar-refractivity contribution in [3.8, 4) is 0 Å². The SMILES string of the molecule is C=C(/C=C\C)C(=O)N/N=C/c1ccccc1B(O)O. The van der Waals surface area contributed by atoms with Gasteiger partial charge in [0.1, 0.15) is 0 Å². The molecule has 0 spiro atoms. The van der Waals surface area contributed by atoms with Crippen LogP contribution in [0.25, 0.3) is 0 Å². The molecule has 0 radical (unpaired) electrons. The molecule has 1 aromatic carbocycles. The Morgan fingerprint density at radius 1 is 1.42 bits per heavy atom. The standard InChI is InChI=1S/C13H15BN2O3/c1-3-6-10(2)13(17)16-15-9-11-7-4-5-8-12(11)14(18)19/h3-9,18-19H,2H2,1H3,(H,16,17)/b6-3-,15-9+. The minimum absolute atomic E-state index is 0.287. The largest absolute Gasteiger partial charge is 0.489 e. The molecule has 0 saturated heterocycles. The molecule has 3 N–H and O–H groups in total. The van der Waals surface area contributed by atoms with Crippen molar-refractivity contribution < 1.29 is 14.8 Å². The number of carbonyl (C=O) groups excluding carboxylic acids is 1. The molecule has 1 amide bonds. The summed E-state index contributed by atoms with van der Waals surface area (Å²) in [6, 6.07) is 6.63. The van der Waals surface area contributed by atoms with Gasteiger partial charge in [-0.1, -0.05) is 43.0 Å². The Bertz CT molecular complexity index is 524. The van der Waals surface area contributed by atoms with E-state index in [0.717, 1.165) is 0 Å². The Morgan fingerprint density at radius 2 is 2.11 bits per heavy atom. The van der Waals surface area contributed by atoms with Gasteiger partial charge in [0.25, 0.3) is 5.91 Å². The fourth-order valence-electron chi connectivity index (χ4n) is 1.37. The molecule has 0 aliphatic carbocycles. The number of nitrogens with one attached hydrogen (secondary N) is 1. The Balaban J connectivity index is 2.73. The molecule has 0 aromatic heterocycles. The highest BCUT2D eigenvalue weighted by Crippen LogP contribution is 1.95. The minimum atomic E-state index is -1.59. The van der Waals surface area contributed by atoms with Crippen molar-refractivity contribution in [2.45, 2.75) is 6.92 Å². The van der Waals surface area contributed by atoms with E-state index >= 15 is 0 Å². The van der Waals surface area contributed by atoms with Gasteiger partial charge >= 0.3 is 7.12 Å². The van der Waals surface area contributed by atoms with Crippen molar-refractivity contribution in [3.63, 3.8) is 0 Å². The molecule has 98 valence electrons. The Labute approximate surface area is 112 Å². The van der Waals surface area contributed by atoms with Gasteiger partial charge in [0.05, 0.1) is 6.21 Å². The van der Waals surface area contributed by atoms with Gasteiger partial charge in [-0.2, -0.15) is 5.10 Å². The Morgan fingerprint density at radius 3 is 2.74 bits per heavy atom. The number of hydrogen-bond acceptors (Lipinski definition) is 4. The number of benzene rings is 1. The van der Waals surface area contributed by atoms with Crippen molar-refractivity contribution >= 4 is 24.7 Å². The van der Waals surface area contributed by atoms with Crippen LogP contribution in [0.15, 0.2) is 53.7 Å². The molecule has 0 unspecified atom stereocenters. The summed E-state index contributed by atoms with van der Waals surface area (Å²) in [5.41, 5.74) is 3.41. The second-order valence-corrected chi connectivity index (χ2v) is 3.73. The number of allylic oxidation sites excluding steroid dienone is 1. The maximum atomic E-state index is 11.5. The van der Waals surface area contributed by atoms with E-state index < -0.39 is 13.0 Å². The van der Waals surface area contributed by atoms with Crippen LogP contribution < -0.4 is 10.9 Å². The third kappa shape index (κ3) is 4.54. The minimum Gasteiger partial charge on any atom is -0.423 e. The molecular formula is C13H15BN2O3. The molecule has 0 atom stereocenters. The van der Waals surface area contributed by atoms with Crippen LogP contribution in [-0.4, -0.2) is 29.3 Å². The molecule has 5 nitrogen and oxygen atoms in total. The smallest absolute Gasteiger partial charge is 0.423 e. The molecule has 0 heterocycles. The van der Waals surface area contributed by atoms with Crippen LogP contribution in [0, 0.1) is 0 Å². The van der Waals surface area contributed by atoms with Crippen LogP contribution in [0.3, 0.4) is 0 Å². The number of rotatable bonds is 5. The van der Waals surface area contributed by atoms with E-state index in [0.29, 0.717) is 11.0 Å². The normalized spacial score (nSPS) is 10.9. The van der Waals surface area contributed by atoms with E-state index in [2.05, 4.69) is 17.1 Å². The van der Waals surface area contributed by atoms with Crippen LogP contribution in [0.5, 0.6) is 0 Å². The summed E-state index contributed by atoms with van der Waals surface area (Å²) in [4.78, 5) is 11.5. The summed E-state index contributed by atoms with van der Waals surface area (Å²) in [6.07, 6.45) is 4.61. The lowest BCUT2D eigenvalue weighted by molar-refractivity contribution is -0.117. The van der Waals surface area contributed by atoms with E-state index in [1.165, 1.54) is 6.21 Å². The summed E-state index contributed by atoms with van der Waals surface area (Å²) in [5.74, 6) is -0.420. The summed E-state index contributed by atoms with van der Waals surface area (Å²) in [7, 11) is -1.59. The lowest BCUT2D eigenvalue weighted by Gasteiger charge is -2.03. The van der Waals surface area contributed by atoms with Gasteiger partial charge < -0.3 is 10.0 Å². The number of carbonyl (C=O) groups is 1. The average Bonchev–Trinajstić information content (AvgIpc) is 2.39. The van der Waals surface area contributed by atoms with Crippen LogP contribution in [-0.2, 0) is 4.79 Å². The molecule has 0 saturated carbocycles. The van der Waals surface area contributed by atoms with Crippen molar-refractivity contribution in [1.82, 2.24) is 5.43 Å². The van der Waals surface area contributed by atoms with Crippen LogP contribution in [0.2, 0.25) is 0 Å². The fraction of sp³-hybridized carbons (Fsp3) is 0.0769. The first kappa shape index (κ1) is 14.9. The first-order chi connectivity index (χ1) is 9.06. The number of amides is 1. The second-order valence-electron chi connectivity index (χ2n) is 3.73. The van der Waals surface area contributed by atoms with Gasteiger partial charge in [0.2, 0.25) is 0 Å². The summed E-state index contributed by atoms with van der Waals surface area (Å²) in [5, 5.41) is 22.1. The number of nitrogens with zero attached hydrogens (tertiary/aromatic N) is 1. The second kappa shape index (κ2) is 7.30. The highest BCUT2D eigenvalue weighted by molar-refractivity contribution is 6.60. The topological polar surface area (TPSA) is 81.9 Å². The third-order valence-corrected chi connectivity index (χ3v) is 2.30. The Hall–Kier alpha value is -2.18. The summed E-state index contributed by atoms with van der Waals surface area (Å²) >= 11 is 0. The molecule has 19 heavy (non-hydrogen) atoms. The van der Waals surface area contributed by atoms with E-state index in [9.17, 15) is 4.79 Å². The fourth-order valence-corrected chi connectivity index (χ4v) is 1.37. The maximum absolute atomic E-state index is 11.5. The van der Waals surface area contributed by atoms with E-state index in [1.807, 2.05) is 0 Å². The van der Waals surface area contributed by atoms with Gasteiger partial charge in [-0.05, 0) is 17.9 Å². The summed E-state index contributed by atoms with van der Waals surface area (Å²) < 4.78 is 0. The lowest BCUT2D eigenvalue weighted by atomic mass is 9.77. The van der Waals surface area contributed by atoms with Crippen molar-refractivity contribution in [1.29, 1.82) is 0 Å². The van der Waals surface area contributed by atoms with Gasteiger partial charge in [-0.25, -0.2) is 5.43 Å². The molecule has 1 aromatic rings. The Kier molecular flexibility index (Phi) is 5.72. The van der Waals surface area contributed by atoms with Crippen molar-refractivity contribution in [2.24, 2.45) is 5.10 Å². The molecule has 1 rings (SSSR count). The summed E-state index contributed by atoms with van der Waals surface area (Å²) in [6.45, 7) is 5.34. The van der Waals surface area contributed by atoms with Gasteiger partial charge in [0.15, 0.2) is 0 Å². The van der Waals surface area contributed by atoms with Gasteiger partial charge in [-0.15, -0.1) is 0 Å². The van der Waals surface area contributed by atoms with E-state index in [-0.39, 0.29) is 5.57 Å². The van der Waals surface area contributed by atoms with Crippen LogP contribution >= 0.6 is 0 Å². The van der Waals surface area contributed by atoms with Gasteiger partial charge in [0, 0.05) is 5.57 Å². The average molecular weight is 258 g/mol. The molecule has 0 bridgehead atoms. The molecule has 0 aliphatic rings. The predicted molar refractivity (Wildman–Crippen MR) is 76.0 cm³/mol. The highest BCUT2D eigenvalue weighted by atomic mass is 16.4. The zero-order chi connectivity index (χ0) is 14.3. The molecule has 6 heteroatoms. The number of hydrogen-bond donors (Lipinski definition) is 3. The highest BCUT2D eigenvalue weighted by Gasteiger charge is 2.13. The monoisotopic (exact) mass is 258 g/mol. The molecule has 0 aliphatic heterocycles. The van der Waals surface area contributed by atoms with E-state index in [1.54, 1.807) is 43.3 Å². The number of hydrazone groups is 1. The lowest BCUT2D eigenvalue weighted by Crippen LogP contribution is -2.33. The van der Waals surface area contributed by atoms with E-state index in [4.69, 9.17) is 10.0 Å². The van der Waals surface area contributed by atoms with Gasteiger partial charge in [-0.3, -0.25) is 4.79 Å². The molecular weight excluding hydrogens is 243 g/mol. The van der Waals surface area contributed by atoms with Crippen molar-refractivity contribution in [3.05, 3.63) is 54.1 Å². The van der Waals surface area contributed by atoms with Crippen LogP contribution in [0.4, 0.5) is 0 Å². The molecule has 0 fully saturated rings. The zero-order valence-electron chi connectivity index (χ0n) is 10.6. The van der Waals surface area contributed by atoms with Crippen LogP contribution in [0.1, 0.15) is 12.5 Å². The predicted octanol–water partition coefficient (Wildman–Crippen LogP) is -0.0512. The maximum Gasteiger partial charge on any atom is 0.489 e. The third-order valence-electron chi connectivity index (χ3n) is 2.30. The first-order valence-corrected chi connectivity index (χ1v) is 5.66.